The molecule has 126 valence electrons. The summed E-state index contributed by atoms with van der Waals surface area (Å²) < 4.78 is 4.95. The Kier molecular flexibility index (Phi) is 10.9. The molecule has 1 aromatic rings. The highest BCUT2D eigenvalue weighted by Crippen LogP contribution is 2.23. The number of benzene rings is 1. The Bertz CT molecular complexity index is 438. The molecule has 1 rings (SSSR count). The maximum Gasteiger partial charge on any atom is 0.234 e. The molecule has 0 bridgehead atoms. The van der Waals surface area contributed by atoms with Gasteiger partial charge in [-0.1, -0.05) is 38.1 Å². The van der Waals surface area contributed by atoms with E-state index in [1.165, 1.54) is 11.1 Å². The number of methoxy groups -OCH3 is 1. The van der Waals surface area contributed by atoms with Gasteiger partial charge in [0.1, 0.15) is 0 Å². The first-order chi connectivity index (χ1) is 10.0. The van der Waals surface area contributed by atoms with Gasteiger partial charge in [-0.25, -0.2) is 0 Å². The maximum atomic E-state index is 12.1. The second kappa shape index (κ2) is 11.5. The van der Waals surface area contributed by atoms with Crippen molar-refractivity contribution in [2.75, 3.05) is 26.8 Å². The van der Waals surface area contributed by atoms with E-state index < -0.39 is 0 Å². The Morgan fingerprint density at radius 2 is 1.95 bits per heavy atom. The fraction of sp³-hybridized carbons (Fsp3) is 0.588. The van der Waals surface area contributed by atoms with E-state index in [0.29, 0.717) is 25.6 Å². The van der Waals surface area contributed by atoms with Crippen molar-refractivity contribution >= 4 is 18.3 Å². The highest BCUT2D eigenvalue weighted by atomic mass is 35.5. The molecular formula is C17H29ClN2O2. The molecule has 0 aliphatic heterocycles. The monoisotopic (exact) mass is 328 g/mol. The molecule has 0 radical (unpaired) electrons. The average molecular weight is 329 g/mol. The van der Waals surface area contributed by atoms with E-state index in [4.69, 9.17) is 4.74 Å². The molecule has 1 aromatic carbocycles. The second-order valence-corrected chi connectivity index (χ2v) is 5.78. The molecule has 1 unspecified atom stereocenters. The molecule has 1 atom stereocenters. The van der Waals surface area contributed by atoms with Crippen LogP contribution in [-0.4, -0.2) is 32.7 Å². The third-order valence-corrected chi connectivity index (χ3v) is 3.37. The molecule has 0 aliphatic rings. The summed E-state index contributed by atoms with van der Waals surface area (Å²) in [6.07, 6.45) is 0.939. The van der Waals surface area contributed by atoms with Gasteiger partial charge in [0.05, 0.1) is 19.2 Å². The molecule has 0 saturated carbocycles. The van der Waals surface area contributed by atoms with Crippen molar-refractivity contribution in [2.45, 2.75) is 33.2 Å². The number of amides is 1. The highest BCUT2D eigenvalue weighted by molar-refractivity contribution is 5.85. The topological polar surface area (TPSA) is 50.4 Å². The summed E-state index contributed by atoms with van der Waals surface area (Å²) in [5, 5.41) is 6.21. The molecule has 1 amide bonds. The van der Waals surface area contributed by atoms with Gasteiger partial charge in [0.2, 0.25) is 5.91 Å². The highest BCUT2D eigenvalue weighted by Gasteiger charge is 2.17. The van der Waals surface area contributed by atoms with Gasteiger partial charge in [-0.05, 0) is 30.4 Å². The molecule has 0 heterocycles. The Hall–Kier alpha value is -1.10. The minimum Gasteiger partial charge on any atom is -0.383 e. The van der Waals surface area contributed by atoms with Gasteiger partial charge in [-0.2, -0.15) is 0 Å². The largest absolute Gasteiger partial charge is 0.383 e. The number of halogens is 1. The zero-order valence-corrected chi connectivity index (χ0v) is 14.8. The van der Waals surface area contributed by atoms with Gasteiger partial charge >= 0.3 is 0 Å². The van der Waals surface area contributed by atoms with E-state index in [2.05, 4.69) is 43.5 Å². The molecule has 2 N–H and O–H groups in total. The molecule has 5 heteroatoms. The lowest BCUT2D eigenvalue weighted by molar-refractivity contribution is -0.121. The van der Waals surface area contributed by atoms with E-state index in [1.54, 1.807) is 7.11 Å². The van der Waals surface area contributed by atoms with Gasteiger partial charge < -0.3 is 15.4 Å². The van der Waals surface area contributed by atoms with E-state index in [0.717, 1.165) is 6.42 Å². The summed E-state index contributed by atoms with van der Waals surface area (Å²) in [7, 11) is 1.65. The molecule has 0 aromatic heterocycles. The number of hydrogen-bond donors (Lipinski definition) is 2. The van der Waals surface area contributed by atoms with Crippen molar-refractivity contribution in [3.8, 4) is 0 Å². The number of hydrogen-bond acceptors (Lipinski definition) is 3. The van der Waals surface area contributed by atoms with Gasteiger partial charge in [-0.3, -0.25) is 4.79 Å². The summed E-state index contributed by atoms with van der Waals surface area (Å²) in [4.78, 5) is 12.1. The maximum absolute atomic E-state index is 12.1. The summed E-state index contributed by atoms with van der Waals surface area (Å²) >= 11 is 0. The predicted molar refractivity (Wildman–Crippen MR) is 93.5 cm³/mol. The van der Waals surface area contributed by atoms with Crippen LogP contribution in [0.2, 0.25) is 0 Å². The standard InChI is InChI=1S/C17H28N2O2.ClH/c1-13(2)11-16(15-8-6-5-7-14(15)3)19-17(20)12-18-9-10-21-4;/h5-8,13,16,18H,9-12H2,1-4H3,(H,19,20);1H. The lowest BCUT2D eigenvalue weighted by atomic mass is 9.94. The van der Waals surface area contributed by atoms with E-state index in [9.17, 15) is 4.79 Å². The molecule has 0 spiro atoms. The lowest BCUT2D eigenvalue weighted by Crippen LogP contribution is -2.38. The van der Waals surface area contributed by atoms with E-state index in [1.807, 2.05) is 12.1 Å². The van der Waals surface area contributed by atoms with Crippen molar-refractivity contribution in [3.05, 3.63) is 35.4 Å². The summed E-state index contributed by atoms with van der Waals surface area (Å²) in [6.45, 7) is 8.06. The second-order valence-electron chi connectivity index (χ2n) is 5.78. The van der Waals surface area contributed by atoms with Crippen LogP contribution < -0.4 is 10.6 Å². The van der Waals surface area contributed by atoms with Gasteiger partial charge in [0.15, 0.2) is 0 Å². The zero-order chi connectivity index (χ0) is 15.7. The number of ether oxygens (including phenoxy) is 1. The van der Waals surface area contributed by atoms with Crippen molar-refractivity contribution in [3.63, 3.8) is 0 Å². The van der Waals surface area contributed by atoms with Crippen LogP contribution in [0.4, 0.5) is 0 Å². The quantitative estimate of drug-likeness (QED) is 0.685. The summed E-state index contributed by atoms with van der Waals surface area (Å²) in [6, 6.07) is 8.31. The first kappa shape index (κ1) is 20.9. The molecule has 0 aliphatic carbocycles. The normalized spacial score (nSPS) is 11.9. The lowest BCUT2D eigenvalue weighted by Gasteiger charge is -2.23. The minimum absolute atomic E-state index is 0. The summed E-state index contributed by atoms with van der Waals surface area (Å²) in [5.41, 5.74) is 2.42. The Morgan fingerprint density at radius 1 is 1.27 bits per heavy atom. The third kappa shape index (κ3) is 7.78. The fourth-order valence-corrected chi connectivity index (χ4v) is 2.33. The van der Waals surface area contributed by atoms with Gasteiger partial charge in [0, 0.05) is 13.7 Å². The SMILES string of the molecule is COCCNCC(=O)NC(CC(C)C)c1ccccc1C.Cl. The smallest absolute Gasteiger partial charge is 0.234 e. The van der Waals surface area contributed by atoms with Crippen molar-refractivity contribution in [1.29, 1.82) is 0 Å². The average Bonchev–Trinajstić information content (AvgIpc) is 2.43. The molecule has 22 heavy (non-hydrogen) atoms. The fourth-order valence-electron chi connectivity index (χ4n) is 2.33. The number of carbonyl (C=O) groups excluding carboxylic acids is 1. The van der Waals surface area contributed by atoms with Gasteiger partial charge in [0.25, 0.3) is 0 Å². The van der Waals surface area contributed by atoms with Crippen LogP contribution in [-0.2, 0) is 9.53 Å². The van der Waals surface area contributed by atoms with Crippen LogP contribution >= 0.6 is 12.4 Å². The number of nitrogens with one attached hydrogen (secondary N) is 2. The van der Waals surface area contributed by atoms with Crippen LogP contribution in [0.15, 0.2) is 24.3 Å². The Labute approximate surface area is 140 Å². The van der Waals surface area contributed by atoms with Crippen LogP contribution in [0.3, 0.4) is 0 Å². The third-order valence-electron chi connectivity index (χ3n) is 3.37. The van der Waals surface area contributed by atoms with Crippen molar-refractivity contribution in [1.82, 2.24) is 10.6 Å². The first-order valence-electron chi connectivity index (χ1n) is 7.59. The zero-order valence-electron chi connectivity index (χ0n) is 14.0. The Morgan fingerprint density at radius 3 is 2.55 bits per heavy atom. The molecular weight excluding hydrogens is 300 g/mol. The number of rotatable bonds is 9. The molecule has 0 saturated heterocycles. The van der Waals surface area contributed by atoms with E-state index in [-0.39, 0.29) is 24.4 Å². The number of carbonyl (C=O) groups is 1. The molecule has 0 fully saturated rings. The van der Waals surface area contributed by atoms with Gasteiger partial charge in [-0.15, -0.1) is 12.4 Å². The Balaban J connectivity index is 0.00000441. The predicted octanol–water partition coefficient (Wildman–Crippen LogP) is 2.86. The van der Waals surface area contributed by atoms with Crippen molar-refractivity contribution < 1.29 is 9.53 Å². The summed E-state index contributed by atoms with van der Waals surface area (Å²) in [5.74, 6) is 0.552. The van der Waals surface area contributed by atoms with Crippen molar-refractivity contribution in [2.24, 2.45) is 5.92 Å². The van der Waals surface area contributed by atoms with Crippen LogP contribution in [0.1, 0.15) is 37.4 Å². The molecule has 4 nitrogen and oxygen atoms in total. The minimum atomic E-state index is 0. The van der Waals surface area contributed by atoms with Crippen LogP contribution in [0.5, 0.6) is 0 Å². The van der Waals surface area contributed by atoms with Crippen LogP contribution in [0, 0.1) is 12.8 Å². The number of aryl methyl sites for hydroxylation is 1. The first-order valence-corrected chi connectivity index (χ1v) is 7.59. The van der Waals surface area contributed by atoms with Crippen LogP contribution in [0.25, 0.3) is 0 Å². The van der Waals surface area contributed by atoms with E-state index >= 15 is 0 Å².